The fraction of sp³-hybridized carbons (Fsp3) is 0.647. The van der Waals surface area contributed by atoms with Crippen LogP contribution in [0, 0.1) is 11.7 Å². The average Bonchev–Trinajstić information content (AvgIpc) is 2.57. The van der Waals surface area contributed by atoms with Gasteiger partial charge in [-0.3, -0.25) is 4.90 Å². The number of halogens is 4. The molecule has 2 N–H and O–H groups in total. The fourth-order valence-electron chi connectivity index (χ4n) is 3.96. The Morgan fingerprint density at radius 1 is 1.12 bits per heavy atom. The summed E-state index contributed by atoms with van der Waals surface area (Å²) >= 11 is 3.35. The second-order valence-corrected chi connectivity index (χ2v) is 7.27. The van der Waals surface area contributed by atoms with Crippen molar-refractivity contribution < 1.29 is 9.50 Å². The van der Waals surface area contributed by atoms with Crippen LogP contribution in [0.2, 0.25) is 0 Å². The summed E-state index contributed by atoms with van der Waals surface area (Å²) in [5, 5.41) is 13.8. The van der Waals surface area contributed by atoms with Gasteiger partial charge in [-0.05, 0) is 46.8 Å². The lowest BCUT2D eigenvalue weighted by atomic mass is 9.79. The molecule has 1 aromatic rings. The summed E-state index contributed by atoms with van der Waals surface area (Å²) in [7, 11) is 0. The van der Waals surface area contributed by atoms with Crippen molar-refractivity contribution in [1.82, 2.24) is 10.2 Å². The van der Waals surface area contributed by atoms with Crippen LogP contribution in [0.25, 0.3) is 0 Å². The number of phenolic OH excluding ortho intramolecular Hbond substituents is 1. The molecule has 0 radical (unpaired) electrons. The first-order valence-corrected chi connectivity index (χ1v) is 9.09. The van der Waals surface area contributed by atoms with Crippen LogP contribution >= 0.6 is 40.7 Å². The smallest absolute Gasteiger partial charge is 0.137 e. The van der Waals surface area contributed by atoms with Crippen molar-refractivity contribution in [3.05, 3.63) is 28.0 Å². The van der Waals surface area contributed by atoms with Gasteiger partial charge >= 0.3 is 0 Å². The molecule has 2 aliphatic rings. The summed E-state index contributed by atoms with van der Waals surface area (Å²) in [5.74, 6) is 0.227. The Labute approximate surface area is 164 Å². The number of nitrogens with zero attached hydrogens (tertiary/aromatic N) is 1. The zero-order valence-corrected chi connectivity index (χ0v) is 16.9. The van der Waals surface area contributed by atoms with E-state index in [-0.39, 0.29) is 42.4 Å². The molecule has 1 saturated carbocycles. The van der Waals surface area contributed by atoms with E-state index in [0.29, 0.717) is 16.0 Å². The predicted molar refractivity (Wildman–Crippen MR) is 104 cm³/mol. The Morgan fingerprint density at radius 2 is 1.75 bits per heavy atom. The highest BCUT2D eigenvalue weighted by molar-refractivity contribution is 9.10. The Balaban J connectivity index is 0.00000144. The SMILES string of the molecule is Cl.Cl.Oc1c(Br)ccc(F)c1[C@H](C1CCCCC1)N1CCNCC1. The third kappa shape index (κ3) is 4.76. The van der Waals surface area contributed by atoms with Crippen molar-refractivity contribution in [2.75, 3.05) is 26.2 Å². The second kappa shape index (κ2) is 10.2. The lowest BCUT2D eigenvalue weighted by Crippen LogP contribution is -2.47. The minimum atomic E-state index is -0.283. The molecular weight excluding hydrogens is 418 g/mol. The molecule has 2 fully saturated rings. The van der Waals surface area contributed by atoms with E-state index in [1.54, 1.807) is 6.07 Å². The third-order valence-corrected chi connectivity index (χ3v) is 5.69. The molecule has 0 amide bonds. The molecule has 0 bridgehead atoms. The number of rotatable bonds is 3. The largest absolute Gasteiger partial charge is 0.506 e. The molecule has 1 saturated heterocycles. The molecule has 1 heterocycles. The van der Waals surface area contributed by atoms with Crippen LogP contribution < -0.4 is 5.32 Å². The van der Waals surface area contributed by atoms with Gasteiger partial charge in [-0.1, -0.05) is 19.3 Å². The Kier molecular flexibility index (Phi) is 9.31. The standard InChI is InChI=1S/C17H24BrFN2O.2ClH/c18-13-6-7-14(19)15(17(13)22)16(12-4-2-1-3-5-12)21-10-8-20-9-11-21;;/h6-7,12,16,20,22H,1-5,8-11H2;2*1H/t16-;;/m0../s1. The summed E-state index contributed by atoms with van der Waals surface area (Å²) in [6.45, 7) is 3.68. The molecule has 7 heteroatoms. The van der Waals surface area contributed by atoms with E-state index < -0.39 is 0 Å². The number of phenols is 1. The number of nitrogens with one attached hydrogen (secondary N) is 1. The van der Waals surface area contributed by atoms with Gasteiger partial charge in [0.25, 0.3) is 0 Å². The van der Waals surface area contributed by atoms with Crippen LogP contribution in [-0.4, -0.2) is 36.2 Å². The van der Waals surface area contributed by atoms with E-state index >= 15 is 0 Å². The van der Waals surface area contributed by atoms with Gasteiger partial charge in [0.1, 0.15) is 11.6 Å². The first kappa shape index (κ1) is 22.0. The first-order valence-electron chi connectivity index (χ1n) is 8.30. The van der Waals surface area contributed by atoms with E-state index in [4.69, 9.17) is 0 Å². The number of hydrogen-bond donors (Lipinski definition) is 2. The molecule has 138 valence electrons. The Bertz CT molecular complexity index is 506. The zero-order valence-electron chi connectivity index (χ0n) is 13.6. The molecule has 0 unspecified atom stereocenters. The van der Waals surface area contributed by atoms with Gasteiger partial charge in [-0.25, -0.2) is 4.39 Å². The van der Waals surface area contributed by atoms with E-state index in [1.165, 1.54) is 25.3 Å². The molecule has 3 rings (SSSR count). The summed E-state index contributed by atoms with van der Waals surface area (Å²) < 4.78 is 15.2. The monoisotopic (exact) mass is 442 g/mol. The highest BCUT2D eigenvalue weighted by Gasteiger charge is 2.34. The molecular formula is C17H26BrCl2FN2O. The maximum Gasteiger partial charge on any atom is 0.137 e. The van der Waals surface area contributed by atoms with Gasteiger partial charge < -0.3 is 10.4 Å². The van der Waals surface area contributed by atoms with Gasteiger partial charge in [-0.2, -0.15) is 0 Å². The van der Waals surface area contributed by atoms with Crippen molar-refractivity contribution in [2.24, 2.45) is 5.92 Å². The number of benzene rings is 1. The lowest BCUT2D eigenvalue weighted by molar-refractivity contribution is 0.0983. The minimum Gasteiger partial charge on any atom is -0.506 e. The first-order chi connectivity index (χ1) is 10.7. The summed E-state index contributed by atoms with van der Waals surface area (Å²) in [5.41, 5.74) is 0.489. The van der Waals surface area contributed by atoms with Gasteiger partial charge in [-0.15, -0.1) is 24.8 Å². The number of piperazine rings is 1. The molecule has 0 aromatic heterocycles. The van der Waals surface area contributed by atoms with Crippen molar-refractivity contribution in [1.29, 1.82) is 0 Å². The predicted octanol–water partition coefficient (Wildman–Crippen LogP) is 4.66. The topological polar surface area (TPSA) is 35.5 Å². The summed E-state index contributed by atoms with van der Waals surface area (Å²) in [4.78, 5) is 2.36. The molecule has 1 aliphatic carbocycles. The van der Waals surface area contributed by atoms with Crippen molar-refractivity contribution in [3.63, 3.8) is 0 Å². The van der Waals surface area contributed by atoms with Crippen LogP contribution in [0.15, 0.2) is 16.6 Å². The molecule has 1 aliphatic heterocycles. The van der Waals surface area contributed by atoms with Gasteiger partial charge in [0, 0.05) is 37.8 Å². The van der Waals surface area contributed by atoms with E-state index in [2.05, 4.69) is 26.1 Å². The van der Waals surface area contributed by atoms with Crippen molar-refractivity contribution in [3.8, 4) is 5.75 Å². The second-order valence-electron chi connectivity index (χ2n) is 6.42. The van der Waals surface area contributed by atoms with E-state index in [9.17, 15) is 9.50 Å². The molecule has 0 spiro atoms. The highest BCUT2D eigenvalue weighted by atomic mass is 79.9. The Hall–Kier alpha value is -0.0700. The van der Waals surface area contributed by atoms with Crippen molar-refractivity contribution >= 4 is 40.7 Å². The maximum atomic E-state index is 14.6. The molecule has 1 atom stereocenters. The minimum absolute atomic E-state index is 0. The molecule has 3 nitrogen and oxygen atoms in total. The lowest BCUT2D eigenvalue weighted by Gasteiger charge is -2.41. The normalized spacial score (nSPS) is 20.8. The van der Waals surface area contributed by atoms with Crippen LogP contribution in [0.4, 0.5) is 4.39 Å². The number of aromatic hydroxyl groups is 1. The van der Waals surface area contributed by atoms with Crippen molar-refractivity contribution in [2.45, 2.75) is 38.1 Å². The number of hydrogen-bond acceptors (Lipinski definition) is 3. The molecule has 24 heavy (non-hydrogen) atoms. The van der Waals surface area contributed by atoms with E-state index in [1.807, 2.05) is 0 Å². The summed E-state index contributed by atoms with van der Waals surface area (Å²) in [6, 6.07) is 3.04. The third-order valence-electron chi connectivity index (χ3n) is 5.05. The van der Waals surface area contributed by atoms with E-state index in [0.717, 1.165) is 39.0 Å². The maximum absolute atomic E-state index is 14.6. The van der Waals surface area contributed by atoms with Gasteiger partial charge in [0.2, 0.25) is 0 Å². The van der Waals surface area contributed by atoms with Crippen LogP contribution in [-0.2, 0) is 0 Å². The van der Waals surface area contributed by atoms with Crippen LogP contribution in [0.1, 0.15) is 43.7 Å². The van der Waals surface area contributed by atoms with Crippen LogP contribution in [0.5, 0.6) is 5.75 Å². The Morgan fingerprint density at radius 3 is 2.38 bits per heavy atom. The van der Waals surface area contributed by atoms with Gasteiger partial charge in [0.05, 0.1) is 4.47 Å². The molecule has 1 aromatic carbocycles. The van der Waals surface area contributed by atoms with Gasteiger partial charge in [0.15, 0.2) is 0 Å². The average molecular weight is 444 g/mol. The zero-order chi connectivity index (χ0) is 15.5. The summed E-state index contributed by atoms with van der Waals surface area (Å²) in [6.07, 6.45) is 5.95. The quantitative estimate of drug-likeness (QED) is 0.712. The fourth-order valence-corrected chi connectivity index (χ4v) is 4.31. The van der Waals surface area contributed by atoms with Crippen LogP contribution in [0.3, 0.4) is 0 Å². The highest BCUT2D eigenvalue weighted by Crippen LogP contribution is 2.44.